The van der Waals surface area contributed by atoms with Crippen LogP contribution in [0.3, 0.4) is 0 Å². The molecule has 1 fully saturated rings. The third kappa shape index (κ3) is 5.81. The molecule has 0 bridgehead atoms. The SMILES string of the molecule is CCC1OCCC1OP(OCCC#N)N(C(C)C)C(C)C. The number of nitriles is 1. The minimum absolute atomic E-state index is 0.100. The van der Waals surface area contributed by atoms with Crippen LogP contribution in [0.5, 0.6) is 0 Å². The Morgan fingerprint density at radius 2 is 2.00 bits per heavy atom. The second-order valence-corrected chi connectivity index (χ2v) is 7.20. The van der Waals surface area contributed by atoms with E-state index in [-0.39, 0.29) is 12.2 Å². The maximum Gasteiger partial charge on any atom is 0.259 e. The van der Waals surface area contributed by atoms with Crippen LogP contribution in [-0.4, -0.2) is 42.2 Å². The molecule has 5 nitrogen and oxygen atoms in total. The average Bonchev–Trinajstić information content (AvgIpc) is 2.85. The van der Waals surface area contributed by atoms with Crippen molar-refractivity contribution in [2.75, 3.05) is 13.2 Å². The van der Waals surface area contributed by atoms with E-state index in [2.05, 4.69) is 45.4 Å². The molecule has 3 atom stereocenters. The summed E-state index contributed by atoms with van der Waals surface area (Å²) in [5.41, 5.74) is 0. The standard InChI is InChI=1S/C15H29N2O3P/c1-6-14-15(8-11-18-14)20-21(19-10-7-9-16)17(12(2)3)13(4)5/h12-15H,6-8,10-11H2,1-5H3. The van der Waals surface area contributed by atoms with Crippen LogP contribution >= 0.6 is 8.53 Å². The molecule has 1 aliphatic heterocycles. The van der Waals surface area contributed by atoms with Crippen LogP contribution in [0.2, 0.25) is 0 Å². The summed E-state index contributed by atoms with van der Waals surface area (Å²) in [7, 11) is -1.16. The summed E-state index contributed by atoms with van der Waals surface area (Å²) in [4.78, 5) is 0. The Labute approximate surface area is 130 Å². The van der Waals surface area contributed by atoms with E-state index in [0.717, 1.165) is 19.4 Å². The van der Waals surface area contributed by atoms with Gasteiger partial charge in [0.05, 0.1) is 31.3 Å². The lowest BCUT2D eigenvalue weighted by Crippen LogP contribution is -2.35. The quantitative estimate of drug-likeness (QED) is 0.478. The third-order valence-corrected chi connectivity index (χ3v) is 5.59. The van der Waals surface area contributed by atoms with Crippen molar-refractivity contribution in [3.63, 3.8) is 0 Å². The van der Waals surface area contributed by atoms with Crippen LogP contribution in [-0.2, 0) is 13.8 Å². The fourth-order valence-electron chi connectivity index (χ4n) is 2.54. The van der Waals surface area contributed by atoms with Crippen molar-refractivity contribution in [3.8, 4) is 6.07 Å². The van der Waals surface area contributed by atoms with Gasteiger partial charge in [0.1, 0.15) is 0 Å². The fraction of sp³-hybridized carbons (Fsp3) is 0.933. The molecule has 1 saturated heterocycles. The minimum atomic E-state index is -1.16. The topological polar surface area (TPSA) is 54.7 Å². The summed E-state index contributed by atoms with van der Waals surface area (Å²) in [6.45, 7) is 11.9. The highest BCUT2D eigenvalue weighted by Gasteiger charge is 2.35. The first kappa shape index (κ1) is 18.8. The summed E-state index contributed by atoms with van der Waals surface area (Å²) in [6, 6.07) is 2.79. The zero-order chi connectivity index (χ0) is 15.8. The van der Waals surface area contributed by atoms with Crippen LogP contribution < -0.4 is 0 Å². The highest BCUT2D eigenvalue weighted by atomic mass is 31.2. The van der Waals surface area contributed by atoms with Gasteiger partial charge in [-0.25, -0.2) is 4.67 Å². The van der Waals surface area contributed by atoms with Gasteiger partial charge in [-0.3, -0.25) is 0 Å². The van der Waals surface area contributed by atoms with E-state index in [1.807, 2.05) is 0 Å². The van der Waals surface area contributed by atoms with Crippen LogP contribution in [0.15, 0.2) is 0 Å². The van der Waals surface area contributed by atoms with Crippen molar-refractivity contribution in [2.24, 2.45) is 0 Å². The van der Waals surface area contributed by atoms with E-state index in [4.69, 9.17) is 19.0 Å². The summed E-state index contributed by atoms with van der Waals surface area (Å²) < 4.78 is 20.2. The number of ether oxygens (including phenoxy) is 1. The third-order valence-electron chi connectivity index (χ3n) is 3.44. The Hall–Kier alpha value is -0.240. The lowest BCUT2D eigenvalue weighted by molar-refractivity contribution is 0.0408. The Morgan fingerprint density at radius 1 is 1.33 bits per heavy atom. The molecular weight excluding hydrogens is 287 g/mol. The number of nitrogens with zero attached hydrogens (tertiary/aromatic N) is 2. The molecule has 0 aromatic heterocycles. The Balaban J connectivity index is 2.73. The lowest BCUT2D eigenvalue weighted by Gasteiger charge is -2.37. The van der Waals surface area contributed by atoms with Gasteiger partial charge in [0.25, 0.3) is 8.53 Å². The molecule has 0 amide bonds. The van der Waals surface area contributed by atoms with Gasteiger partial charge in [-0.1, -0.05) is 6.92 Å². The zero-order valence-electron chi connectivity index (χ0n) is 13.9. The molecule has 3 unspecified atom stereocenters. The van der Waals surface area contributed by atoms with Crippen LogP contribution in [0, 0.1) is 11.3 Å². The second-order valence-electron chi connectivity index (χ2n) is 5.80. The second kappa shape index (κ2) is 9.71. The van der Waals surface area contributed by atoms with E-state index in [9.17, 15) is 0 Å². The normalized spacial score (nSPS) is 24.0. The van der Waals surface area contributed by atoms with Gasteiger partial charge in [0, 0.05) is 18.7 Å². The molecule has 122 valence electrons. The molecule has 1 rings (SSSR count). The number of hydrogen-bond donors (Lipinski definition) is 0. The van der Waals surface area contributed by atoms with Gasteiger partial charge < -0.3 is 13.8 Å². The van der Waals surface area contributed by atoms with Gasteiger partial charge in [-0.15, -0.1) is 0 Å². The molecular formula is C15H29N2O3P. The smallest absolute Gasteiger partial charge is 0.259 e. The summed E-state index contributed by atoms with van der Waals surface area (Å²) in [5, 5.41) is 8.70. The van der Waals surface area contributed by atoms with Crippen LogP contribution in [0.1, 0.15) is 53.9 Å². The molecule has 6 heteroatoms. The largest absolute Gasteiger partial charge is 0.375 e. The monoisotopic (exact) mass is 316 g/mol. The summed E-state index contributed by atoms with van der Waals surface area (Å²) in [5.74, 6) is 0. The van der Waals surface area contributed by atoms with Crippen molar-refractivity contribution >= 4 is 8.53 Å². The van der Waals surface area contributed by atoms with Gasteiger partial charge in [0.2, 0.25) is 0 Å². The van der Waals surface area contributed by atoms with E-state index < -0.39 is 8.53 Å². The fourth-order valence-corrected chi connectivity index (χ4v) is 4.32. The maximum atomic E-state index is 8.70. The van der Waals surface area contributed by atoms with E-state index in [1.165, 1.54) is 0 Å². The molecule has 0 spiro atoms. The van der Waals surface area contributed by atoms with Gasteiger partial charge in [-0.05, 0) is 40.5 Å². The summed E-state index contributed by atoms with van der Waals surface area (Å²) in [6.07, 6.45) is 2.53. The minimum Gasteiger partial charge on any atom is -0.375 e. The molecule has 21 heavy (non-hydrogen) atoms. The van der Waals surface area contributed by atoms with Gasteiger partial charge in [-0.2, -0.15) is 5.26 Å². The summed E-state index contributed by atoms with van der Waals surface area (Å²) >= 11 is 0. The number of hydrogen-bond acceptors (Lipinski definition) is 5. The lowest BCUT2D eigenvalue weighted by atomic mass is 10.1. The van der Waals surface area contributed by atoms with E-state index in [0.29, 0.717) is 25.1 Å². The van der Waals surface area contributed by atoms with Gasteiger partial charge >= 0.3 is 0 Å². The van der Waals surface area contributed by atoms with Crippen LogP contribution in [0.4, 0.5) is 0 Å². The molecule has 0 aromatic rings. The van der Waals surface area contributed by atoms with E-state index >= 15 is 0 Å². The molecule has 0 aliphatic carbocycles. The Kier molecular flexibility index (Phi) is 8.70. The first-order valence-electron chi connectivity index (χ1n) is 7.87. The first-order valence-corrected chi connectivity index (χ1v) is 9.00. The van der Waals surface area contributed by atoms with Crippen molar-refractivity contribution < 1.29 is 13.8 Å². The van der Waals surface area contributed by atoms with Crippen LogP contribution in [0.25, 0.3) is 0 Å². The molecule has 0 radical (unpaired) electrons. The predicted molar refractivity (Wildman–Crippen MR) is 84.7 cm³/mol. The molecule has 0 saturated carbocycles. The Morgan fingerprint density at radius 3 is 2.52 bits per heavy atom. The molecule has 1 aliphatic rings. The average molecular weight is 316 g/mol. The van der Waals surface area contributed by atoms with Crippen molar-refractivity contribution in [1.29, 1.82) is 5.26 Å². The van der Waals surface area contributed by atoms with E-state index in [1.54, 1.807) is 0 Å². The van der Waals surface area contributed by atoms with Crippen molar-refractivity contribution in [3.05, 3.63) is 0 Å². The molecule has 0 N–H and O–H groups in total. The highest BCUT2D eigenvalue weighted by Crippen LogP contribution is 2.48. The predicted octanol–water partition coefficient (Wildman–Crippen LogP) is 3.85. The van der Waals surface area contributed by atoms with Gasteiger partial charge in [0.15, 0.2) is 0 Å². The highest BCUT2D eigenvalue weighted by molar-refractivity contribution is 7.44. The first-order chi connectivity index (χ1) is 10.0. The molecule has 1 heterocycles. The van der Waals surface area contributed by atoms with Crippen molar-refractivity contribution in [2.45, 2.75) is 78.2 Å². The zero-order valence-corrected chi connectivity index (χ0v) is 14.8. The number of rotatable bonds is 9. The maximum absolute atomic E-state index is 8.70. The Bertz CT molecular complexity index is 325. The molecule has 0 aromatic carbocycles. The van der Waals surface area contributed by atoms with Crippen molar-refractivity contribution in [1.82, 2.24) is 4.67 Å².